The fraction of sp³-hybridized carbons (Fsp3) is 0.929. The monoisotopic (exact) mass is 256 g/mol. The highest BCUT2D eigenvalue weighted by molar-refractivity contribution is 5.76. The summed E-state index contributed by atoms with van der Waals surface area (Å²) in [5, 5.41) is 12.8. The Kier molecular flexibility index (Phi) is 6.65. The number of carbonyl (C=O) groups is 1. The molecule has 1 unspecified atom stereocenters. The zero-order valence-electron chi connectivity index (χ0n) is 11.7. The molecule has 4 heteroatoms. The van der Waals surface area contributed by atoms with Gasteiger partial charge in [-0.2, -0.15) is 0 Å². The maximum atomic E-state index is 11.9. The molecule has 1 aliphatic rings. The minimum absolute atomic E-state index is 0.0389. The number of nitrogens with two attached hydrogens (primary N) is 1. The minimum atomic E-state index is -0.371. The van der Waals surface area contributed by atoms with E-state index in [4.69, 9.17) is 5.73 Å². The molecule has 0 aliphatic heterocycles. The van der Waals surface area contributed by atoms with Crippen molar-refractivity contribution in [3.63, 3.8) is 0 Å². The molecule has 0 aromatic rings. The van der Waals surface area contributed by atoms with E-state index in [0.717, 1.165) is 32.1 Å². The molecule has 4 nitrogen and oxygen atoms in total. The summed E-state index contributed by atoms with van der Waals surface area (Å²) in [6.45, 7) is 4.84. The Balaban J connectivity index is 2.34. The number of hydrogen-bond donors (Lipinski definition) is 3. The van der Waals surface area contributed by atoms with Crippen LogP contribution in [0.4, 0.5) is 0 Å². The van der Waals surface area contributed by atoms with Crippen molar-refractivity contribution in [2.24, 2.45) is 17.6 Å². The summed E-state index contributed by atoms with van der Waals surface area (Å²) >= 11 is 0. The van der Waals surface area contributed by atoms with E-state index in [0.29, 0.717) is 18.9 Å². The lowest BCUT2D eigenvalue weighted by atomic mass is 9.91. The Morgan fingerprint density at radius 2 is 2.06 bits per heavy atom. The average Bonchev–Trinajstić information content (AvgIpc) is 2.30. The molecule has 0 heterocycles. The van der Waals surface area contributed by atoms with Crippen molar-refractivity contribution in [2.45, 2.75) is 64.5 Å². The number of aliphatic hydroxyl groups is 1. The first-order valence-corrected chi connectivity index (χ1v) is 7.20. The lowest BCUT2D eigenvalue weighted by Gasteiger charge is -2.29. The van der Waals surface area contributed by atoms with Gasteiger partial charge in [0, 0.05) is 6.42 Å². The van der Waals surface area contributed by atoms with Gasteiger partial charge in [0.2, 0.25) is 5.91 Å². The second-order valence-electron chi connectivity index (χ2n) is 5.96. The van der Waals surface area contributed by atoms with Crippen molar-refractivity contribution in [1.82, 2.24) is 5.32 Å². The molecule has 1 aliphatic carbocycles. The highest BCUT2D eigenvalue weighted by atomic mass is 16.3. The SMILES string of the molecule is CC(C)CC(CN)CC(=O)N[C@@H]1CCCC[C@H]1O. The number of nitrogens with one attached hydrogen (secondary N) is 1. The Labute approximate surface area is 110 Å². The molecule has 0 aromatic carbocycles. The van der Waals surface area contributed by atoms with Crippen molar-refractivity contribution in [3.8, 4) is 0 Å². The number of carbonyl (C=O) groups excluding carboxylic acids is 1. The van der Waals surface area contributed by atoms with Crippen molar-refractivity contribution in [3.05, 3.63) is 0 Å². The van der Waals surface area contributed by atoms with E-state index in [2.05, 4.69) is 19.2 Å². The fourth-order valence-corrected chi connectivity index (χ4v) is 2.74. The first-order valence-electron chi connectivity index (χ1n) is 7.20. The Hall–Kier alpha value is -0.610. The van der Waals surface area contributed by atoms with Crippen LogP contribution in [-0.4, -0.2) is 29.7 Å². The van der Waals surface area contributed by atoms with E-state index in [-0.39, 0.29) is 24.0 Å². The summed E-state index contributed by atoms with van der Waals surface area (Å²) in [5.74, 6) is 0.856. The molecule has 0 saturated heterocycles. The number of amides is 1. The third kappa shape index (κ3) is 5.36. The van der Waals surface area contributed by atoms with Crippen molar-refractivity contribution < 1.29 is 9.90 Å². The Bertz CT molecular complexity index is 256. The van der Waals surface area contributed by atoms with Crippen LogP contribution in [0, 0.1) is 11.8 Å². The van der Waals surface area contributed by atoms with Gasteiger partial charge in [-0.25, -0.2) is 0 Å². The number of aliphatic hydroxyl groups excluding tert-OH is 1. The highest BCUT2D eigenvalue weighted by Gasteiger charge is 2.25. The van der Waals surface area contributed by atoms with E-state index in [1.165, 1.54) is 0 Å². The number of hydrogen-bond acceptors (Lipinski definition) is 3. The summed E-state index contributed by atoms with van der Waals surface area (Å²) in [5.41, 5.74) is 5.70. The summed E-state index contributed by atoms with van der Waals surface area (Å²) in [7, 11) is 0. The zero-order chi connectivity index (χ0) is 13.5. The molecule has 106 valence electrons. The second kappa shape index (κ2) is 7.74. The average molecular weight is 256 g/mol. The molecule has 18 heavy (non-hydrogen) atoms. The lowest BCUT2D eigenvalue weighted by Crippen LogP contribution is -2.45. The van der Waals surface area contributed by atoms with Gasteiger partial charge in [-0.1, -0.05) is 26.7 Å². The van der Waals surface area contributed by atoms with E-state index in [1.54, 1.807) is 0 Å². The Morgan fingerprint density at radius 3 is 2.61 bits per heavy atom. The van der Waals surface area contributed by atoms with Gasteiger partial charge in [-0.05, 0) is 37.6 Å². The van der Waals surface area contributed by atoms with Crippen molar-refractivity contribution in [2.75, 3.05) is 6.54 Å². The maximum Gasteiger partial charge on any atom is 0.220 e. The molecule has 0 aromatic heterocycles. The number of rotatable bonds is 6. The molecule has 0 bridgehead atoms. The molecule has 1 fully saturated rings. The predicted molar refractivity (Wildman–Crippen MR) is 73.0 cm³/mol. The van der Waals surface area contributed by atoms with Crippen LogP contribution in [0.1, 0.15) is 52.4 Å². The zero-order valence-corrected chi connectivity index (χ0v) is 11.7. The van der Waals surface area contributed by atoms with Gasteiger partial charge < -0.3 is 16.2 Å². The third-order valence-electron chi connectivity index (χ3n) is 3.69. The normalized spacial score (nSPS) is 26.1. The summed E-state index contributed by atoms with van der Waals surface area (Å²) < 4.78 is 0. The highest BCUT2D eigenvalue weighted by Crippen LogP contribution is 2.19. The second-order valence-corrected chi connectivity index (χ2v) is 5.96. The molecule has 1 rings (SSSR count). The topological polar surface area (TPSA) is 75.4 Å². The molecule has 0 radical (unpaired) electrons. The third-order valence-corrected chi connectivity index (χ3v) is 3.69. The molecule has 1 saturated carbocycles. The van der Waals surface area contributed by atoms with Gasteiger partial charge in [0.15, 0.2) is 0 Å². The Morgan fingerprint density at radius 1 is 1.39 bits per heavy atom. The maximum absolute atomic E-state index is 11.9. The first-order chi connectivity index (χ1) is 8.52. The van der Waals surface area contributed by atoms with Crippen LogP contribution in [0.2, 0.25) is 0 Å². The largest absolute Gasteiger partial charge is 0.391 e. The van der Waals surface area contributed by atoms with Gasteiger partial charge in [-0.3, -0.25) is 4.79 Å². The van der Waals surface area contributed by atoms with Gasteiger partial charge >= 0.3 is 0 Å². The first kappa shape index (κ1) is 15.4. The quantitative estimate of drug-likeness (QED) is 0.672. The van der Waals surface area contributed by atoms with E-state index >= 15 is 0 Å². The van der Waals surface area contributed by atoms with Crippen LogP contribution in [0.3, 0.4) is 0 Å². The summed E-state index contributed by atoms with van der Waals surface area (Å²) in [4.78, 5) is 11.9. The van der Waals surface area contributed by atoms with Crippen LogP contribution in [0.5, 0.6) is 0 Å². The van der Waals surface area contributed by atoms with Gasteiger partial charge in [0.25, 0.3) is 0 Å². The van der Waals surface area contributed by atoms with Crippen LogP contribution in [-0.2, 0) is 4.79 Å². The van der Waals surface area contributed by atoms with E-state index < -0.39 is 0 Å². The van der Waals surface area contributed by atoms with Gasteiger partial charge in [-0.15, -0.1) is 0 Å². The summed E-state index contributed by atoms with van der Waals surface area (Å²) in [6, 6.07) is -0.0521. The van der Waals surface area contributed by atoms with Crippen LogP contribution in [0.25, 0.3) is 0 Å². The van der Waals surface area contributed by atoms with Crippen LogP contribution in [0.15, 0.2) is 0 Å². The molecular weight excluding hydrogens is 228 g/mol. The molecule has 3 atom stereocenters. The standard InChI is InChI=1S/C14H28N2O2/c1-10(2)7-11(9-15)8-14(18)16-12-5-3-4-6-13(12)17/h10-13,17H,3-9,15H2,1-2H3,(H,16,18)/t11?,12-,13-/m1/s1. The van der Waals surface area contributed by atoms with E-state index in [9.17, 15) is 9.90 Å². The molecule has 4 N–H and O–H groups in total. The summed E-state index contributed by atoms with van der Waals surface area (Å²) in [6.07, 6.45) is 4.95. The predicted octanol–water partition coefficient (Wildman–Crippen LogP) is 1.42. The fourth-order valence-electron chi connectivity index (χ4n) is 2.74. The van der Waals surface area contributed by atoms with Gasteiger partial charge in [0.05, 0.1) is 12.1 Å². The smallest absolute Gasteiger partial charge is 0.220 e. The molecule has 1 amide bonds. The minimum Gasteiger partial charge on any atom is -0.391 e. The van der Waals surface area contributed by atoms with E-state index in [1.807, 2.05) is 0 Å². The van der Waals surface area contributed by atoms with Gasteiger partial charge in [0.1, 0.15) is 0 Å². The van der Waals surface area contributed by atoms with Crippen LogP contribution >= 0.6 is 0 Å². The molecule has 0 spiro atoms. The lowest BCUT2D eigenvalue weighted by molar-refractivity contribution is -0.124. The van der Waals surface area contributed by atoms with Crippen molar-refractivity contribution in [1.29, 1.82) is 0 Å². The van der Waals surface area contributed by atoms with Crippen molar-refractivity contribution >= 4 is 5.91 Å². The molecular formula is C14H28N2O2. The van der Waals surface area contributed by atoms with Crippen LogP contribution < -0.4 is 11.1 Å².